The molecule has 0 aliphatic rings. The van der Waals surface area contributed by atoms with Crippen LogP contribution in [0.4, 0.5) is 0 Å². The second kappa shape index (κ2) is 5.50. The number of aromatic nitrogens is 2. The Morgan fingerprint density at radius 2 is 2.24 bits per heavy atom. The average Bonchev–Trinajstić information content (AvgIpc) is 2.74. The van der Waals surface area contributed by atoms with Crippen LogP contribution in [0.2, 0.25) is 0 Å². The Hall–Kier alpha value is -1.81. The highest BCUT2D eigenvalue weighted by Crippen LogP contribution is 2.21. The fourth-order valence-electron chi connectivity index (χ4n) is 1.56. The van der Waals surface area contributed by atoms with Gasteiger partial charge in [0.05, 0.1) is 18.9 Å². The van der Waals surface area contributed by atoms with E-state index in [2.05, 4.69) is 10.4 Å². The van der Waals surface area contributed by atoms with Crippen LogP contribution in [0.5, 0.6) is 11.5 Å². The number of hydrogen-bond donors (Lipinski definition) is 1. The first kappa shape index (κ1) is 11.7. The number of likely N-dealkylation sites (N-methyl/N-ethyl adjacent to an activating group) is 1. The fourth-order valence-corrected chi connectivity index (χ4v) is 1.56. The van der Waals surface area contributed by atoms with Crippen molar-refractivity contribution in [3.05, 3.63) is 42.2 Å². The molecular weight excluding hydrogens is 214 g/mol. The van der Waals surface area contributed by atoms with Crippen LogP contribution >= 0.6 is 0 Å². The SMILES string of the molecule is CNCCn1cc(Oc2cccc(C)c2)cn1. The number of nitrogens with one attached hydrogen (secondary N) is 1. The highest BCUT2D eigenvalue weighted by atomic mass is 16.5. The molecule has 4 heteroatoms. The zero-order valence-corrected chi connectivity index (χ0v) is 10.2. The van der Waals surface area contributed by atoms with Crippen LogP contribution in [0, 0.1) is 6.92 Å². The van der Waals surface area contributed by atoms with E-state index >= 15 is 0 Å². The highest BCUT2D eigenvalue weighted by molar-refractivity contribution is 5.31. The van der Waals surface area contributed by atoms with E-state index in [1.54, 1.807) is 6.20 Å². The zero-order chi connectivity index (χ0) is 12.1. The van der Waals surface area contributed by atoms with Gasteiger partial charge in [0.25, 0.3) is 0 Å². The van der Waals surface area contributed by atoms with Crippen molar-refractivity contribution in [3.8, 4) is 11.5 Å². The first-order valence-electron chi connectivity index (χ1n) is 5.69. The van der Waals surface area contributed by atoms with Gasteiger partial charge in [-0.15, -0.1) is 0 Å². The van der Waals surface area contributed by atoms with Gasteiger partial charge < -0.3 is 10.1 Å². The lowest BCUT2D eigenvalue weighted by Gasteiger charge is -2.03. The van der Waals surface area contributed by atoms with Crippen molar-refractivity contribution in [3.63, 3.8) is 0 Å². The summed E-state index contributed by atoms with van der Waals surface area (Å²) >= 11 is 0. The summed E-state index contributed by atoms with van der Waals surface area (Å²) in [6.07, 6.45) is 3.64. The maximum atomic E-state index is 5.72. The van der Waals surface area contributed by atoms with E-state index in [1.165, 1.54) is 5.56 Å². The normalized spacial score (nSPS) is 10.5. The van der Waals surface area contributed by atoms with Gasteiger partial charge in [-0.1, -0.05) is 12.1 Å². The number of ether oxygens (including phenoxy) is 1. The van der Waals surface area contributed by atoms with Gasteiger partial charge in [-0.3, -0.25) is 4.68 Å². The standard InChI is InChI=1S/C13H17N3O/c1-11-4-3-5-12(8-11)17-13-9-15-16(10-13)7-6-14-2/h3-5,8-10,14H,6-7H2,1-2H3. The van der Waals surface area contributed by atoms with Crippen LogP contribution in [0.15, 0.2) is 36.7 Å². The van der Waals surface area contributed by atoms with Gasteiger partial charge in [-0.25, -0.2) is 0 Å². The van der Waals surface area contributed by atoms with Crippen LogP contribution in [0.1, 0.15) is 5.56 Å². The van der Waals surface area contributed by atoms with Crippen molar-refractivity contribution in [1.82, 2.24) is 15.1 Å². The van der Waals surface area contributed by atoms with Gasteiger partial charge in [0.1, 0.15) is 5.75 Å². The number of benzene rings is 1. The topological polar surface area (TPSA) is 39.1 Å². The monoisotopic (exact) mass is 231 g/mol. The smallest absolute Gasteiger partial charge is 0.165 e. The summed E-state index contributed by atoms with van der Waals surface area (Å²) in [5, 5.41) is 7.30. The highest BCUT2D eigenvalue weighted by Gasteiger charge is 2.01. The van der Waals surface area contributed by atoms with Crippen LogP contribution in [0.25, 0.3) is 0 Å². The summed E-state index contributed by atoms with van der Waals surface area (Å²) in [7, 11) is 1.92. The molecule has 0 saturated heterocycles. The molecule has 0 aliphatic carbocycles. The van der Waals surface area contributed by atoms with Crippen molar-refractivity contribution in [2.24, 2.45) is 0 Å². The molecule has 1 aromatic heterocycles. The minimum absolute atomic E-state index is 0.770. The van der Waals surface area contributed by atoms with Crippen molar-refractivity contribution >= 4 is 0 Å². The van der Waals surface area contributed by atoms with Gasteiger partial charge in [-0.05, 0) is 31.7 Å². The molecule has 2 rings (SSSR count). The third-order valence-electron chi connectivity index (χ3n) is 2.43. The Balaban J connectivity index is 2.01. The minimum atomic E-state index is 0.770. The fraction of sp³-hybridized carbons (Fsp3) is 0.308. The molecule has 0 amide bonds. The maximum absolute atomic E-state index is 5.72. The summed E-state index contributed by atoms with van der Waals surface area (Å²) in [6.45, 7) is 3.78. The second-order valence-electron chi connectivity index (χ2n) is 3.96. The molecule has 0 fully saturated rings. The van der Waals surface area contributed by atoms with Crippen molar-refractivity contribution < 1.29 is 4.74 Å². The predicted octanol–water partition coefficient (Wildman–Crippen LogP) is 2.20. The number of hydrogen-bond acceptors (Lipinski definition) is 3. The first-order valence-corrected chi connectivity index (χ1v) is 5.69. The van der Waals surface area contributed by atoms with Gasteiger partial charge >= 0.3 is 0 Å². The Labute approximate surface area is 101 Å². The summed E-state index contributed by atoms with van der Waals surface area (Å²) in [6, 6.07) is 7.97. The summed E-state index contributed by atoms with van der Waals surface area (Å²) in [5.41, 5.74) is 1.19. The van der Waals surface area contributed by atoms with Crippen LogP contribution < -0.4 is 10.1 Å². The molecule has 0 unspecified atom stereocenters. The molecule has 0 bridgehead atoms. The van der Waals surface area contributed by atoms with Crippen LogP contribution in [0.3, 0.4) is 0 Å². The number of rotatable bonds is 5. The first-order chi connectivity index (χ1) is 8.28. The molecule has 0 atom stereocenters. The summed E-state index contributed by atoms with van der Waals surface area (Å²) in [5.74, 6) is 1.62. The van der Waals surface area contributed by atoms with Crippen molar-refractivity contribution in [2.45, 2.75) is 13.5 Å². The van der Waals surface area contributed by atoms with Gasteiger partial charge in [-0.2, -0.15) is 5.10 Å². The molecular formula is C13H17N3O. The van der Waals surface area contributed by atoms with E-state index in [0.29, 0.717) is 0 Å². The Morgan fingerprint density at radius 1 is 1.35 bits per heavy atom. The van der Waals surface area contributed by atoms with E-state index in [4.69, 9.17) is 4.74 Å². The Kier molecular flexibility index (Phi) is 3.77. The van der Waals surface area contributed by atoms with E-state index < -0.39 is 0 Å². The molecule has 1 aromatic carbocycles. The minimum Gasteiger partial charge on any atom is -0.454 e. The van der Waals surface area contributed by atoms with Crippen LogP contribution in [-0.4, -0.2) is 23.4 Å². The molecule has 4 nitrogen and oxygen atoms in total. The predicted molar refractivity (Wildman–Crippen MR) is 67.4 cm³/mol. The van der Waals surface area contributed by atoms with E-state index in [0.717, 1.165) is 24.6 Å². The molecule has 0 saturated carbocycles. The molecule has 90 valence electrons. The number of aryl methyl sites for hydroxylation is 1. The molecule has 0 aliphatic heterocycles. The molecule has 2 aromatic rings. The summed E-state index contributed by atoms with van der Waals surface area (Å²) in [4.78, 5) is 0. The largest absolute Gasteiger partial charge is 0.454 e. The summed E-state index contributed by atoms with van der Waals surface area (Å²) < 4.78 is 7.58. The Morgan fingerprint density at radius 3 is 3.00 bits per heavy atom. The van der Waals surface area contributed by atoms with Gasteiger partial charge in [0.2, 0.25) is 0 Å². The molecule has 1 heterocycles. The van der Waals surface area contributed by atoms with E-state index in [9.17, 15) is 0 Å². The second-order valence-corrected chi connectivity index (χ2v) is 3.96. The van der Waals surface area contributed by atoms with Crippen molar-refractivity contribution in [2.75, 3.05) is 13.6 Å². The third-order valence-corrected chi connectivity index (χ3v) is 2.43. The van der Waals surface area contributed by atoms with Crippen molar-refractivity contribution in [1.29, 1.82) is 0 Å². The molecule has 1 N–H and O–H groups in total. The average molecular weight is 231 g/mol. The third kappa shape index (κ3) is 3.32. The molecule has 0 spiro atoms. The van der Waals surface area contributed by atoms with E-state index in [1.807, 2.05) is 49.1 Å². The lowest BCUT2D eigenvalue weighted by atomic mass is 10.2. The van der Waals surface area contributed by atoms with Gasteiger partial charge in [0, 0.05) is 6.54 Å². The molecule has 0 radical (unpaired) electrons. The van der Waals surface area contributed by atoms with Crippen LogP contribution in [-0.2, 0) is 6.54 Å². The quantitative estimate of drug-likeness (QED) is 0.857. The lowest BCUT2D eigenvalue weighted by Crippen LogP contribution is -2.14. The van der Waals surface area contributed by atoms with Gasteiger partial charge in [0.15, 0.2) is 5.75 Å². The number of nitrogens with zero attached hydrogens (tertiary/aromatic N) is 2. The zero-order valence-electron chi connectivity index (χ0n) is 10.2. The molecule has 17 heavy (non-hydrogen) atoms. The van der Waals surface area contributed by atoms with E-state index in [-0.39, 0.29) is 0 Å². The lowest BCUT2D eigenvalue weighted by molar-refractivity contribution is 0.480. The maximum Gasteiger partial charge on any atom is 0.165 e. The Bertz CT molecular complexity index is 479.